The molecule has 3 aromatic rings. The number of hydrogen-bond donors (Lipinski definition) is 3. The van der Waals surface area contributed by atoms with Crippen LogP contribution in [0.2, 0.25) is 0 Å². The predicted molar refractivity (Wildman–Crippen MR) is 164 cm³/mol. The van der Waals surface area contributed by atoms with E-state index in [4.69, 9.17) is 10.9 Å². The van der Waals surface area contributed by atoms with Crippen molar-refractivity contribution < 1.29 is 29.4 Å². The summed E-state index contributed by atoms with van der Waals surface area (Å²) in [7, 11) is 0. The van der Waals surface area contributed by atoms with Gasteiger partial charge >= 0.3 is 0 Å². The number of carbonyl (C=O) groups is 2. The van der Waals surface area contributed by atoms with Crippen molar-refractivity contribution in [3.63, 3.8) is 0 Å². The SMILES string of the molecule is C#CC1(O)CCC2C3CCC4=Cc5oncc5CC4(C)C3CCC21C.Cc1cc(O)c2c(c1)C(=O)c1cccc(O)c1C2=O. The molecule has 226 valence electrons. The van der Waals surface area contributed by atoms with E-state index >= 15 is 0 Å². The number of aromatic hydroxyl groups is 2. The molecule has 0 radical (unpaired) electrons. The van der Waals surface area contributed by atoms with E-state index < -0.39 is 11.4 Å². The second-order valence-electron chi connectivity index (χ2n) is 14.0. The van der Waals surface area contributed by atoms with Crippen molar-refractivity contribution in [3.05, 3.63) is 81.2 Å². The summed E-state index contributed by atoms with van der Waals surface area (Å²) < 4.78 is 5.43. The van der Waals surface area contributed by atoms with Crippen LogP contribution in [0.1, 0.15) is 101 Å². The lowest BCUT2D eigenvalue weighted by atomic mass is 9.46. The Bertz CT molecular complexity index is 1810. The van der Waals surface area contributed by atoms with E-state index in [-0.39, 0.29) is 50.4 Å². The number of carbonyl (C=O) groups excluding carboxylic acids is 2. The highest BCUT2D eigenvalue weighted by Gasteiger charge is 2.63. The fourth-order valence-corrected chi connectivity index (χ4v) is 9.56. The smallest absolute Gasteiger partial charge is 0.201 e. The number of allylic oxidation sites excluding steroid dienone is 1. The first-order valence-electron chi connectivity index (χ1n) is 15.5. The van der Waals surface area contributed by atoms with E-state index in [0.29, 0.717) is 23.3 Å². The van der Waals surface area contributed by atoms with Crippen molar-refractivity contribution in [2.24, 2.45) is 28.6 Å². The maximum Gasteiger partial charge on any atom is 0.201 e. The summed E-state index contributed by atoms with van der Waals surface area (Å²) in [6.07, 6.45) is 17.4. The standard InChI is InChI=1S/C22H27NO2.C15H10O4/c1-4-22(24)10-8-18-16-6-5-15-11-19-14(13-23-25-19)12-20(15,2)17(16)7-9-21(18,22)3;1-7-5-9-13(11(17)6-7)15(19)12-8(14(9)18)3-2-4-10(12)16/h1,11,13,16-18,24H,5-10,12H2,2-3H3;2-6,16-17H,1H3. The highest BCUT2D eigenvalue weighted by Crippen LogP contribution is 2.67. The Balaban J connectivity index is 0.000000148. The summed E-state index contributed by atoms with van der Waals surface area (Å²) in [5.41, 5.74) is 2.96. The van der Waals surface area contributed by atoms with Crippen molar-refractivity contribution in [1.82, 2.24) is 5.16 Å². The van der Waals surface area contributed by atoms with E-state index in [1.807, 2.05) is 6.20 Å². The van der Waals surface area contributed by atoms with Crippen molar-refractivity contribution in [2.75, 3.05) is 0 Å². The molecule has 8 rings (SSSR count). The highest BCUT2D eigenvalue weighted by atomic mass is 16.5. The van der Waals surface area contributed by atoms with Crippen molar-refractivity contribution in [3.8, 4) is 23.8 Å². The third kappa shape index (κ3) is 3.83. The molecule has 6 unspecified atom stereocenters. The van der Waals surface area contributed by atoms with Crippen LogP contribution < -0.4 is 0 Å². The summed E-state index contributed by atoms with van der Waals surface area (Å²) in [6.45, 7) is 6.44. The van der Waals surface area contributed by atoms with Crippen LogP contribution in [0.5, 0.6) is 11.5 Å². The monoisotopic (exact) mass is 591 g/mol. The molecule has 7 nitrogen and oxygen atoms in total. The number of phenols is 2. The van der Waals surface area contributed by atoms with E-state index in [1.54, 1.807) is 18.6 Å². The van der Waals surface area contributed by atoms with Gasteiger partial charge in [0.15, 0.2) is 11.5 Å². The molecule has 0 amide bonds. The van der Waals surface area contributed by atoms with Gasteiger partial charge in [0.05, 0.1) is 17.3 Å². The number of aryl methyl sites for hydroxylation is 1. The van der Waals surface area contributed by atoms with Crippen LogP contribution in [0, 0.1) is 47.9 Å². The Morgan fingerprint density at radius 2 is 1.73 bits per heavy atom. The van der Waals surface area contributed by atoms with Crippen LogP contribution >= 0.6 is 0 Å². The molecule has 0 saturated heterocycles. The largest absolute Gasteiger partial charge is 0.507 e. The molecule has 3 saturated carbocycles. The van der Waals surface area contributed by atoms with Crippen molar-refractivity contribution >= 4 is 17.6 Å². The second-order valence-corrected chi connectivity index (χ2v) is 14.0. The molecular formula is C37H37NO6. The quantitative estimate of drug-likeness (QED) is 0.202. The molecule has 7 heteroatoms. The number of rotatable bonds is 0. The number of aromatic nitrogens is 1. The first-order valence-corrected chi connectivity index (χ1v) is 15.5. The van der Waals surface area contributed by atoms with E-state index in [0.717, 1.165) is 44.3 Å². The van der Waals surface area contributed by atoms with Gasteiger partial charge in [0.2, 0.25) is 5.78 Å². The lowest BCUT2D eigenvalue weighted by molar-refractivity contribution is -0.0975. The molecule has 0 bridgehead atoms. The van der Waals surface area contributed by atoms with Gasteiger partial charge in [0.1, 0.15) is 17.1 Å². The maximum absolute atomic E-state index is 12.3. The lowest BCUT2D eigenvalue weighted by Gasteiger charge is -2.58. The molecule has 3 fully saturated rings. The van der Waals surface area contributed by atoms with Gasteiger partial charge in [-0.3, -0.25) is 9.59 Å². The third-order valence-electron chi connectivity index (χ3n) is 11.9. The number of hydrogen-bond acceptors (Lipinski definition) is 7. The minimum absolute atomic E-state index is 0.0374. The average molecular weight is 592 g/mol. The summed E-state index contributed by atoms with van der Waals surface area (Å²) >= 11 is 0. The van der Waals surface area contributed by atoms with Crippen molar-refractivity contribution in [1.29, 1.82) is 0 Å². The van der Waals surface area contributed by atoms with Crippen LogP contribution in [0.25, 0.3) is 6.08 Å². The number of benzene rings is 2. The second kappa shape index (κ2) is 9.67. The number of terminal acetylenes is 1. The van der Waals surface area contributed by atoms with Crippen LogP contribution in [0.4, 0.5) is 0 Å². The van der Waals surface area contributed by atoms with Crippen LogP contribution in [-0.4, -0.2) is 37.6 Å². The summed E-state index contributed by atoms with van der Waals surface area (Å²) in [6, 6.07) is 7.36. The van der Waals surface area contributed by atoms with Gasteiger partial charge in [0, 0.05) is 22.1 Å². The Hall–Kier alpha value is -4.15. The molecule has 0 aliphatic heterocycles. The fraction of sp³-hybridized carbons (Fsp3) is 0.432. The van der Waals surface area contributed by atoms with Gasteiger partial charge in [-0.15, -0.1) is 6.42 Å². The molecule has 0 spiro atoms. The van der Waals surface area contributed by atoms with Crippen LogP contribution in [-0.2, 0) is 6.42 Å². The number of phenolic OH excluding ortho intramolecular Hbond substituents is 2. The van der Waals surface area contributed by atoms with E-state index in [2.05, 4.69) is 31.0 Å². The number of nitrogens with zero attached hydrogens (tertiary/aromatic N) is 1. The Morgan fingerprint density at radius 3 is 2.50 bits per heavy atom. The van der Waals surface area contributed by atoms with Gasteiger partial charge in [-0.2, -0.15) is 0 Å². The zero-order valence-electron chi connectivity index (χ0n) is 25.3. The average Bonchev–Trinajstić information content (AvgIpc) is 3.55. The normalized spacial score (nSPS) is 32.8. The first-order chi connectivity index (χ1) is 20.9. The minimum Gasteiger partial charge on any atom is -0.507 e. The van der Waals surface area contributed by atoms with Crippen LogP contribution in [0.3, 0.4) is 0 Å². The molecule has 5 aliphatic carbocycles. The van der Waals surface area contributed by atoms with Crippen molar-refractivity contribution in [2.45, 2.75) is 71.3 Å². The third-order valence-corrected chi connectivity index (χ3v) is 11.9. The van der Waals surface area contributed by atoms with Gasteiger partial charge < -0.3 is 19.8 Å². The molecular weight excluding hydrogens is 554 g/mol. The molecule has 44 heavy (non-hydrogen) atoms. The number of ketones is 2. The molecule has 1 heterocycles. The minimum atomic E-state index is -0.909. The van der Waals surface area contributed by atoms with E-state index in [1.165, 1.54) is 36.2 Å². The summed E-state index contributed by atoms with van der Waals surface area (Å²) in [5, 5.41) is 34.7. The van der Waals surface area contributed by atoms with Gasteiger partial charge in [-0.05, 0) is 105 Å². The Labute approximate surface area is 257 Å². The zero-order valence-corrected chi connectivity index (χ0v) is 25.3. The summed E-state index contributed by atoms with van der Waals surface area (Å²) in [4.78, 5) is 24.7. The topological polar surface area (TPSA) is 121 Å². The molecule has 5 aliphatic rings. The zero-order chi connectivity index (χ0) is 31.2. The predicted octanol–water partition coefficient (Wildman–Crippen LogP) is 6.40. The van der Waals surface area contributed by atoms with Gasteiger partial charge in [-0.1, -0.05) is 42.6 Å². The Morgan fingerprint density at radius 1 is 0.977 bits per heavy atom. The summed E-state index contributed by atoms with van der Waals surface area (Å²) in [5.74, 6) is 4.27. The lowest BCUT2D eigenvalue weighted by Crippen LogP contribution is -2.54. The van der Waals surface area contributed by atoms with Gasteiger partial charge in [0.25, 0.3) is 0 Å². The fourth-order valence-electron chi connectivity index (χ4n) is 9.56. The van der Waals surface area contributed by atoms with E-state index in [9.17, 15) is 24.9 Å². The maximum atomic E-state index is 12.3. The van der Waals surface area contributed by atoms with Crippen LogP contribution in [0.15, 0.2) is 46.6 Å². The first kappa shape index (κ1) is 28.6. The molecule has 3 N–H and O–H groups in total. The highest BCUT2D eigenvalue weighted by molar-refractivity contribution is 6.30. The molecule has 1 aromatic heterocycles. The molecule has 2 aromatic carbocycles. The van der Waals surface area contributed by atoms with Gasteiger partial charge in [-0.25, -0.2) is 0 Å². The molecule has 6 atom stereocenters. The number of aliphatic hydroxyl groups is 1. The Kier molecular flexibility index (Phi) is 6.29. The number of fused-ring (bicyclic) bond motifs is 8.